The number of hydrogen-bond acceptors (Lipinski definition) is 3. The average Bonchev–Trinajstić information content (AvgIpc) is 2.33. The van der Waals surface area contributed by atoms with Gasteiger partial charge in [0.25, 0.3) is 0 Å². The minimum atomic E-state index is 0.242. The topological polar surface area (TPSA) is 30.5 Å². The summed E-state index contributed by atoms with van der Waals surface area (Å²) in [5.74, 6) is 0.959. The summed E-state index contributed by atoms with van der Waals surface area (Å²) >= 11 is 0. The molecule has 0 amide bonds. The molecule has 1 unspecified atom stereocenters. The predicted molar refractivity (Wildman–Crippen MR) is 31.5 cm³/mol. The van der Waals surface area contributed by atoms with Gasteiger partial charge in [0.15, 0.2) is 5.76 Å². The molecule has 0 aromatic rings. The van der Waals surface area contributed by atoms with Crippen LogP contribution in [0.15, 0.2) is 11.8 Å². The summed E-state index contributed by atoms with van der Waals surface area (Å²) in [6, 6.07) is 0. The summed E-state index contributed by atoms with van der Waals surface area (Å²) in [6.07, 6.45) is 3.24. The molecule has 1 saturated heterocycles. The fourth-order valence-electron chi connectivity index (χ4n) is 1.12. The SMILES string of the molecule is C1=C2ONCCC2OC1. The smallest absolute Gasteiger partial charge is 0.151 e. The minimum Gasteiger partial charge on any atom is -0.411 e. The summed E-state index contributed by atoms with van der Waals surface area (Å²) in [6.45, 7) is 1.60. The molecule has 1 N–H and O–H groups in total. The van der Waals surface area contributed by atoms with Gasteiger partial charge in [-0.3, -0.25) is 0 Å². The normalized spacial score (nSPS) is 32.9. The highest BCUT2D eigenvalue weighted by molar-refractivity contribution is 5.06. The van der Waals surface area contributed by atoms with Gasteiger partial charge in [-0.25, -0.2) is 0 Å². The molecular weight excluding hydrogens is 118 g/mol. The Balaban J connectivity index is 2.09. The van der Waals surface area contributed by atoms with Crippen molar-refractivity contribution in [2.45, 2.75) is 12.5 Å². The van der Waals surface area contributed by atoms with E-state index in [9.17, 15) is 0 Å². The van der Waals surface area contributed by atoms with E-state index in [0.29, 0.717) is 6.61 Å². The lowest BCUT2D eigenvalue weighted by Gasteiger charge is -2.20. The molecule has 1 fully saturated rings. The first-order valence-corrected chi connectivity index (χ1v) is 3.18. The molecule has 50 valence electrons. The zero-order valence-electron chi connectivity index (χ0n) is 5.09. The van der Waals surface area contributed by atoms with Gasteiger partial charge in [-0.05, 0) is 12.5 Å². The van der Waals surface area contributed by atoms with Gasteiger partial charge in [-0.2, -0.15) is 5.48 Å². The molecule has 9 heavy (non-hydrogen) atoms. The number of ether oxygens (including phenoxy) is 1. The Hall–Kier alpha value is -0.540. The summed E-state index contributed by atoms with van der Waals surface area (Å²) in [5.41, 5.74) is 2.81. The van der Waals surface area contributed by atoms with Crippen LogP contribution in [0.25, 0.3) is 0 Å². The largest absolute Gasteiger partial charge is 0.411 e. The second kappa shape index (κ2) is 2.01. The molecule has 0 saturated carbocycles. The molecule has 2 aliphatic heterocycles. The number of nitrogens with one attached hydrogen (secondary N) is 1. The van der Waals surface area contributed by atoms with Gasteiger partial charge in [0, 0.05) is 6.54 Å². The third-order valence-corrected chi connectivity index (χ3v) is 1.60. The lowest BCUT2D eigenvalue weighted by Crippen LogP contribution is -2.30. The third kappa shape index (κ3) is 0.821. The molecule has 0 aromatic heterocycles. The number of hydroxylamine groups is 1. The van der Waals surface area contributed by atoms with Gasteiger partial charge in [0.05, 0.1) is 6.61 Å². The van der Waals surface area contributed by atoms with E-state index in [1.807, 2.05) is 6.08 Å². The maximum Gasteiger partial charge on any atom is 0.151 e. The molecule has 0 radical (unpaired) electrons. The average molecular weight is 127 g/mol. The third-order valence-electron chi connectivity index (χ3n) is 1.60. The van der Waals surface area contributed by atoms with Crippen LogP contribution in [0.1, 0.15) is 6.42 Å². The molecule has 1 atom stereocenters. The van der Waals surface area contributed by atoms with E-state index in [4.69, 9.17) is 9.57 Å². The quantitative estimate of drug-likeness (QED) is 0.504. The van der Waals surface area contributed by atoms with Crippen molar-refractivity contribution in [3.8, 4) is 0 Å². The fourth-order valence-corrected chi connectivity index (χ4v) is 1.12. The predicted octanol–water partition coefficient (Wildman–Crippen LogP) is 0.194. The molecule has 3 heteroatoms. The first-order valence-electron chi connectivity index (χ1n) is 3.18. The van der Waals surface area contributed by atoms with Crippen LogP contribution in [0.2, 0.25) is 0 Å². The van der Waals surface area contributed by atoms with Crippen molar-refractivity contribution in [2.24, 2.45) is 0 Å². The van der Waals surface area contributed by atoms with E-state index in [1.165, 1.54) is 0 Å². The highest BCUT2D eigenvalue weighted by atomic mass is 16.7. The number of hydrogen-bond donors (Lipinski definition) is 1. The van der Waals surface area contributed by atoms with Crippen LogP contribution in [0.5, 0.6) is 0 Å². The highest BCUT2D eigenvalue weighted by Gasteiger charge is 2.24. The lowest BCUT2D eigenvalue weighted by molar-refractivity contribution is -0.00672. The monoisotopic (exact) mass is 127 g/mol. The van der Waals surface area contributed by atoms with Crippen LogP contribution < -0.4 is 5.48 Å². The van der Waals surface area contributed by atoms with Crippen LogP contribution in [-0.2, 0) is 9.57 Å². The van der Waals surface area contributed by atoms with Gasteiger partial charge < -0.3 is 9.57 Å². The second-order valence-electron chi connectivity index (χ2n) is 2.21. The zero-order valence-corrected chi connectivity index (χ0v) is 5.09. The molecule has 2 rings (SSSR count). The van der Waals surface area contributed by atoms with Gasteiger partial charge in [0.1, 0.15) is 6.10 Å². The Kier molecular flexibility index (Phi) is 1.17. The van der Waals surface area contributed by atoms with E-state index in [1.54, 1.807) is 0 Å². The molecule has 2 heterocycles. The number of rotatable bonds is 0. The van der Waals surface area contributed by atoms with Crippen molar-refractivity contribution in [2.75, 3.05) is 13.2 Å². The van der Waals surface area contributed by atoms with Crippen molar-refractivity contribution >= 4 is 0 Å². The number of fused-ring (bicyclic) bond motifs is 1. The molecular formula is C6H9NO2. The molecule has 0 spiro atoms. The van der Waals surface area contributed by atoms with Crippen molar-refractivity contribution in [3.63, 3.8) is 0 Å². The molecule has 2 aliphatic rings. The fraction of sp³-hybridized carbons (Fsp3) is 0.667. The van der Waals surface area contributed by atoms with Crippen LogP contribution in [-0.4, -0.2) is 19.3 Å². The maximum absolute atomic E-state index is 5.30. The Bertz CT molecular complexity index is 144. The highest BCUT2D eigenvalue weighted by Crippen LogP contribution is 2.19. The summed E-state index contributed by atoms with van der Waals surface area (Å²) in [5, 5.41) is 0. The minimum absolute atomic E-state index is 0.242. The van der Waals surface area contributed by atoms with E-state index in [2.05, 4.69) is 5.48 Å². The molecule has 0 aliphatic carbocycles. The van der Waals surface area contributed by atoms with Gasteiger partial charge >= 0.3 is 0 Å². The summed E-state index contributed by atoms with van der Waals surface area (Å²) < 4.78 is 5.30. The Labute approximate surface area is 53.6 Å². The zero-order chi connectivity index (χ0) is 6.10. The standard InChI is InChI=1S/C6H9NO2/c1-3-7-9-6-2-4-8-5(1)6/h2,5,7H,1,3-4H2. The molecule has 3 nitrogen and oxygen atoms in total. The van der Waals surface area contributed by atoms with E-state index in [-0.39, 0.29) is 6.10 Å². The van der Waals surface area contributed by atoms with E-state index >= 15 is 0 Å². The van der Waals surface area contributed by atoms with Crippen LogP contribution >= 0.6 is 0 Å². The summed E-state index contributed by atoms with van der Waals surface area (Å²) in [7, 11) is 0. The Morgan fingerprint density at radius 3 is 3.56 bits per heavy atom. The van der Waals surface area contributed by atoms with E-state index < -0.39 is 0 Å². The van der Waals surface area contributed by atoms with Crippen molar-refractivity contribution in [1.82, 2.24) is 5.48 Å². The van der Waals surface area contributed by atoms with Crippen molar-refractivity contribution in [1.29, 1.82) is 0 Å². The van der Waals surface area contributed by atoms with Crippen LogP contribution in [0.4, 0.5) is 0 Å². The first-order chi connectivity index (χ1) is 4.47. The van der Waals surface area contributed by atoms with Gasteiger partial charge in [0.2, 0.25) is 0 Å². The van der Waals surface area contributed by atoms with Crippen LogP contribution in [0, 0.1) is 0 Å². The maximum atomic E-state index is 5.30. The summed E-state index contributed by atoms with van der Waals surface area (Å²) in [4.78, 5) is 5.09. The lowest BCUT2D eigenvalue weighted by atomic mass is 10.2. The molecule has 0 aromatic carbocycles. The first kappa shape index (κ1) is 5.26. The van der Waals surface area contributed by atoms with Crippen molar-refractivity contribution < 1.29 is 9.57 Å². The van der Waals surface area contributed by atoms with Crippen molar-refractivity contribution in [3.05, 3.63) is 11.8 Å². The second-order valence-corrected chi connectivity index (χ2v) is 2.21. The van der Waals surface area contributed by atoms with Gasteiger partial charge in [-0.1, -0.05) is 0 Å². The van der Waals surface area contributed by atoms with Crippen LogP contribution in [0.3, 0.4) is 0 Å². The Morgan fingerprint density at radius 2 is 2.67 bits per heavy atom. The molecule has 0 bridgehead atoms. The van der Waals surface area contributed by atoms with E-state index in [0.717, 1.165) is 18.7 Å². The Morgan fingerprint density at radius 1 is 1.67 bits per heavy atom. The van der Waals surface area contributed by atoms with Gasteiger partial charge in [-0.15, -0.1) is 0 Å².